The summed E-state index contributed by atoms with van der Waals surface area (Å²) >= 11 is 0. The van der Waals surface area contributed by atoms with Crippen LogP contribution in [0, 0.1) is 0 Å². The fraction of sp³-hybridized carbons (Fsp3) is 0. The van der Waals surface area contributed by atoms with Crippen LogP contribution in [-0.2, 0) is 0 Å². The summed E-state index contributed by atoms with van der Waals surface area (Å²) in [5, 5.41) is 1.08. The highest BCUT2D eigenvalue weighted by atomic mass is 15.0. The first kappa shape index (κ1) is 10.2. The summed E-state index contributed by atoms with van der Waals surface area (Å²) in [7, 11) is 0. The Morgan fingerprint density at radius 3 is 2.95 bits per heavy atom. The van der Waals surface area contributed by atoms with Crippen molar-refractivity contribution in [3.8, 4) is 11.3 Å². The maximum Gasteiger partial charge on any atom is 0.157 e. The van der Waals surface area contributed by atoms with Crippen LogP contribution in [0.3, 0.4) is 0 Å². The molecule has 0 N–H and O–H groups in total. The minimum atomic E-state index is 0.859. The van der Waals surface area contributed by atoms with Crippen molar-refractivity contribution in [2.75, 3.05) is 0 Å². The molecule has 3 aromatic heterocycles. The lowest BCUT2D eigenvalue weighted by Crippen LogP contribution is -1.89. The largest absolute Gasteiger partial charge is 0.290 e. The smallest absolute Gasteiger partial charge is 0.157 e. The molecule has 0 saturated heterocycles. The van der Waals surface area contributed by atoms with Gasteiger partial charge in [-0.2, -0.15) is 0 Å². The summed E-state index contributed by atoms with van der Waals surface area (Å²) in [5.74, 6) is 0. The van der Waals surface area contributed by atoms with Crippen molar-refractivity contribution in [1.82, 2.24) is 19.4 Å². The molecular formula is C15H10N4. The van der Waals surface area contributed by atoms with Gasteiger partial charge in [0.05, 0.1) is 17.4 Å². The number of rotatable bonds is 1. The van der Waals surface area contributed by atoms with Crippen LogP contribution in [0.4, 0.5) is 0 Å². The molecule has 4 aromatic rings. The highest BCUT2D eigenvalue weighted by molar-refractivity contribution is 5.84. The van der Waals surface area contributed by atoms with Crippen LogP contribution < -0.4 is 0 Å². The molecule has 0 amide bonds. The predicted molar refractivity (Wildman–Crippen MR) is 73.7 cm³/mol. The number of nitrogens with zero attached hydrogens (tertiary/aromatic N) is 4. The van der Waals surface area contributed by atoms with Crippen molar-refractivity contribution in [2.24, 2.45) is 0 Å². The zero-order valence-electron chi connectivity index (χ0n) is 10.1. The number of aromatic nitrogens is 4. The van der Waals surface area contributed by atoms with Crippen molar-refractivity contribution in [2.45, 2.75) is 0 Å². The molecule has 4 heteroatoms. The van der Waals surface area contributed by atoms with Gasteiger partial charge in [0.1, 0.15) is 6.33 Å². The van der Waals surface area contributed by atoms with Crippen LogP contribution in [0.25, 0.3) is 27.8 Å². The standard InChI is InChI=1S/C15H10N4/c1-2-6-17-13(3-1)11-4-5-14-12(7-11)9-19-10-16-8-15(19)18-14/h1-10H. The fourth-order valence-corrected chi connectivity index (χ4v) is 2.21. The van der Waals surface area contributed by atoms with Crippen molar-refractivity contribution in [3.05, 3.63) is 61.3 Å². The molecule has 4 rings (SSSR count). The molecule has 3 heterocycles. The van der Waals surface area contributed by atoms with Gasteiger partial charge >= 0.3 is 0 Å². The molecule has 0 unspecified atom stereocenters. The van der Waals surface area contributed by atoms with E-state index in [2.05, 4.69) is 21.0 Å². The summed E-state index contributed by atoms with van der Waals surface area (Å²) in [4.78, 5) is 13.0. The molecule has 0 spiro atoms. The van der Waals surface area contributed by atoms with Crippen molar-refractivity contribution < 1.29 is 0 Å². The van der Waals surface area contributed by atoms with Crippen molar-refractivity contribution in [1.29, 1.82) is 0 Å². The summed E-state index contributed by atoms with van der Waals surface area (Å²) in [6.07, 6.45) is 7.36. The lowest BCUT2D eigenvalue weighted by Gasteiger charge is -2.03. The van der Waals surface area contributed by atoms with Gasteiger partial charge in [-0.25, -0.2) is 9.97 Å². The second-order valence-electron chi connectivity index (χ2n) is 4.39. The number of hydrogen-bond donors (Lipinski definition) is 0. The number of hydrogen-bond acceptors (Lipinski definition) is 3. The van der Waals surface area contributed by atoms with E-state index in [1.54, 1.807) is 18.7 Å². The van der Waals surface area contributed by atoms with E-state index in [9.17, 15) is 0 Å². The van der Waals surface area contributed by atoms with Crippen molar-refractivity contribution in [3.63, 3.8) is 0 Å². The molecule has 4 nitrogen and oxygen atoms in total. The molecule has 90 valence electrons. The predicted octanol–water partition coefficient (Wildman–Crippen LogP) is 2.94. The van der Waals surface area contributed by atoms with Gasteiger partial charge in [-0.1, -0.05) is 12.1 Å². The van der Waals surface area contributed by atoms with Gasteiger partial charge in [0, 0.05) is 23.3 Å². The van der Waals surface area contributed by atoms with Gasteiger partial charge in [0.2, 0.25) is 0 Å². The third-order valence-electron chi connectivity index (χ3n) is 3.15. The molecule has 0 aliphatic heterocycles. The van der Waals surface area contributed by atoms with E-state index in [1.165, 1.54) is 0 Å². The van der Waals surface area contributed by atoms with Gasteiger partial charge in [-0.05, 0) is 24.3 Å². The third-order valence-corrected chi connectivity index (χ3v) is 3.15. The Balaban J connectivity index is 1.97. The normalized spacial score (nSPS) is 11.2. The molecule has 19 heavy (non-hydrogen) atoms. The summed E-state index contributed by atoms with van der Waals surface area (Å²) in [5.41, 5.74) is 3.88. The lowest BCUT2D eigenvalue weighted by molar-refractivity contribution is 1.14. The Bertz CT molecular complexity index is 865. The maximum atomic E-state index is 4.55. The highest BCUT2D eigenvalue weighted by Crippen LogP contribution is 2.22. The summed E-state index contributed by atoms with van der Waals surface area (Å²) in [6.45, 7) is 0. The van der Waals surface area contributed by atoms with Crippen LogP contribution in [-0.4, -0.2) is 19.4 Å². The monoisotopic (exact) mass is 246 g/mol. The van der Waals surface area contributed by atoms with E-state index in [1.807, 2.05) is 40.9 Å². The first-order valence-electron chi connectivity index (χ1n) is 6.04. The molecule has 0 saturated carbocycles. The quantitative estimate of drug-likeness (QED) is 0.518. The first-order valence-corrected chi connectivity index (χ1v) is 6.04. The zero-order chi connectivity index (χ0) is 12.7. The SMILES string of the molecule is c1ccc(-c2ccc3nc4cncn4cc3c2)nc1. The number of pyridine rings is 1. The van der Waals surface area contributed by atoms with E-state index >= 15 is 0 Å². The van der Waals surface area contributed by atoms with Crippen LogP contribution >= 0.6 is 0 Å². The second kappa shape index (κ2) is 3.88. The number of fused-ring (bicyclic) bond motifs is 2. The third kappa shape index (κ3) is 1.65. The maximum absolute atomic E-state index is 4.55. The average Bonchev–Trinajstić information content (AvgIpc) is 2.92. The van der Waals surface area contributed by atoms with Crippen LogP contribution in [0.1, 0.15) is 0 Å². The van der Waals surface area contributed by atoms with Crippen LogP contribution in [0.5, 0.6) is 0 Å². The summed E-state index contributed by atoms with van der Waals surface area (Å²) < 4.78 is 1.92. The van der Waals surface area contributed by atoms with E-state index in [-0.39, 0.29) is 0 Å². The van der Waals surface area contributed by atoms with E-state index in [0.29, 0.717) is 0 Å². The molecule has 1 aromatic carbocycles. The Hall–Kier alpha value is -2.75. The topological polar surface area (TPSA) is 43.1 Å². The van der Waals surface area contributed by atoms with Gasteiger partial charge in [-0.3, -0.25) is 9.38 Å². The van der Waals surface area contributed by atoms with Gasteiger partial charge in [-0.15, -0.1) is 0 Å². The molecular weight excluding hydrogens is 236 g/mol. The summed E-state index contributed by atoms with van der Waals surface area (Å²) in [6, 6.07) is 12.1. The molecule has 0 fully saturated rings. The Kier molecular flexibility index (Phi) is 2.08. The lowest BCUT2D eigenvalue weighted by atomic mass is 10.1. The van der Waals surface area contributed by atoms with Gasteiger partial charge < -0.3 is 0 Å². The average molecular weight is 246 g/mol. The molecule has 0 aliphatic carbocycles. The zero-order valence-corrected chi connectivity index (χ0v) is 10.1. The second-order valence-corrected chi connectivity index (χ2v) is 4.39. The van der Waals surface area contributed by atoms with E-state index in [0.717, 1.165) is 27.8 Å². The Labute approximate surface area is 109 Å². The molecule has 0 bridgehead atoms. The van der Waals surface area contributed by atoms with Crippen molar-refractivity contribution >= 4 is 16.6 Å². The first-order chi connectivity index (χ1) is 9.40. The Morgan fingerprint density at radius 1 is 1.05 bits per heavy atom. The van der Waals surface area contributed by atoms with Crippen LogP contribution in [0.2, 0.25) is 0 Å². The highest BCUT2D eigenvalue weighted by Gasteiger charge is 2.03. The van der Waals surface area contributed by atoms with Gasteiger partial charge in [0.15, 0.2) is 5.65 Å². The minimum absolute atomic E-state index is 0.859. The minimum Gasteiger partial charge on any atom is -0.290 e. The fourth-order valence-electron chi connectivity index (χ4n) is 2.21. The van der Waals surface area contributed by atoms with E-state index < -0.39 is 0 Å². The molecule has 0 aliphatic rings. The number of benzene rings is 1. The molecule has 0 radical (unpaired) electrons. The van der Waals surface area contributed by atoms with E-state index in [4.69, 9.17) is 0 Å². The van der Waals surface area contributed by atoms with Crippen LogP contribution in [0.15, 0.2) is 61.3 Å². The Morgan fingerprint density at radius 2 is 2.05 bits per heavy atom. The number of imidazole rings is 1. The van der Waals surface area contributed by atoms with Gasteiger partial charge in [0.25, 0.3) is 0 Å². The molecule has 0 atom stereocenters.